The number of carboxylic acids is 1. The fourth-order valence-corrected chi connectivity index (χ4v) is 7.72. The second kappa shape index (κ2) is 21.3. The van der Waals surface area contributed by atoms with Gasteiger partial charge in [0.15, 0.2) is 0 Å². The molecule has 0 aliphatic carbocycles. The van der Waals surface area contributed by atoms with Crippen LogP contribution in [0.1, 0.15) is 31.8 Å². The molecule has 4 aromatic rings. The van der Waals surface area contributed by atoms with Crippen LogP contribution in [0.4, 0.5) is 0 Å². The average molecular weight is 855 g/mol. The molecular weight excluding hydrogens is 803 g/mol. The predicted octanol–water partition coefficient (Wildman–Crippen LogP) is 5.97. The molecule has 3 N–H and O–H groups in total. The Morgan fingerprint density at radius 1 is 0.735 bits per heavy atom. The van der Waals surface area contributed by atoms with Crippen LogP contribution in [-0.2, 0) is 27.7 Å². The third-order valence-electron chi connectivity index (χ3n) is 7.41. The van der Waals surface area contributed by atoms with E-state index in [0.29, 0.717) is 36.7 Å². The van der Waals surface area contributed by atoms with Gasteiger partial charge in [-0.25, -0.2) is 9.59 Å². The maximum Gasteiger partial charge on any atom is 1.00 e. The zero-order valence-corrected chi connectivity index (χ0v) is 37.9. The number of halogens is 2. The number of fused-ring (bicyclic) bond motifs is 2. The molecule has 0 bridgehead atoms. The first kappa shape index (κ1) is 47.7. The minimum atomic E-state index is -1.12. The quantitative estimate of drug-likeness (QED) is 0.101. The van der Waals surface area contributed by atoms with Gasteiger partial charge in [-0.15, -0.1) is 0 Å². The third-order valence-corrected chi connectivity index (χ3v) is 12.1. The van der Waals surface area contributed by atoms with E-state index in [1.165, 1.54) is 7.11 Å². The van der Waals surface area contributed by atoms with Crippen molar-refractivity contribution in [1.29, 1.82) is 0 Å². The molecule has 0 saturated carbocycles. The Labute approximate surface area is 331 Å². The van der Waals surface area contributed by atoms with Crippen LogP contribution in [-0.4, -0.2) is 80.3 Å². The van der Waals surface area contributed by atoms with E-state index >= 15 is 0 Å². The molecule has 0 saturated heterocycles. The maximum atomic E-state index is 12.1. The van der Waals surface area contributed by atoms with Crippen LogP contribution in [0.25, 0.3) is 21.8 Å². The zero-order chi connectivity index (χ0) is 35.7. The predicted molar refractivity (Wildman–Crippen MR) is 205 cm³/mol. The molecule has 0 unspecified atom stereocenters. The first-order chi connectivity index (χ1) is 21.9. The number of aromatic nitrogens is 2. The largest absolute Gasteiger partial charge is 1.00 e. The Hall–Kier alpha value is -1.31. The SMILES string of the molecule is CO.COC(=O)c1ccc(Br)c2c(C)cn(COCC[Si](C)(C)C)c12.Cc1cn(COCC[Si](C)(C)C)c2c(C(=O)O)ccc(Br)c12.[Na+].[OH-]. The van der Waals surface area contributed by atoms with Crippen molar-refractivity contribution < 1.29 is 69.0 Å². The Bertz CT molecular complexity index is 1680. The first-order valence-electron chi connectivity index (χ1n) is 15.4. The minimum absolute atomic E-state index is 0. The van der Waals surface area contributed by atoms with E-state index in [1.54, 1.807) is 18.2 Å². The van der Waals surface area contributed by atoms with E-state index in [-0.39, 0.29) is 41.0 Å². The van der Waals surface area contributed by atoms with Crippen LogP contribution in [0.15, 0.2) is 45.6 Å². The van der Waals surface area contributed by atoms with Crippen LogP contribution in [0.5, 0.6) is 0 Å². The zero-order valence-electron chi connectivity index (χ0n) is 30.7. The summed E-state index contributed by atoms with van der Waals surface area (Å²) < 4.78 is 22.3. The van der Waals surface area contributed by atoms with Gasteiger partial charge in [0.2, 0.25) is 0 Å². The fourth-order valence-electron chi connectivity index (χ4n) is 4.94. The molecule has 2 aromatic heterocycles. The Morgan fingerprint density at radius 3 is 1.45 bits per heavy atom. The van der Waals surface area contributed by atoms with Crippen molar-refractivity contribution in [1.82, 2.24) is 9.13 Å². The normalized spacial score (nSPS) is 11.1. The Balaban J connectivity index is 0.000000862. The van der Waals surface area contributed by atoms with Gasteiger partial charge < -0.3 is 39.0 Å². The molecule has 0 atom stereocenters. The molecular formula is C34H51Br2N2NaO8Si2. The van der Waals surface area contributed by atoms with E-state index in [1.807, 2.05) is 41.4 Å². The monoisotopic (exact) mass is 852 g/mol. The number of ether oxygens (including phenoxy) is 3. The van der Waals surface area contributed by atoms with E-state index in [9.17, 15) is 14.7 Å². The molecule has 0 fully saturated rings. The minimum Gasteiger partial charge on any atom is -0.870 e. The maximum absolute atomic E-state index is 12.1. The molecule has 0 aliphatic rings. The van der Waals surface area contributed by atoms with Gasteiger partial charge >= 0.3 is 41.5 Å². The number of carbonyl (C=O) groups is 2. The van der Waals surface area contributed by atoms with Crippen molar-refractivity contribution >= 4 is 81.8 Å². The molecule has 0 amide bonds. The number of aliphatic hydroxyl groups excluding tert-OH is 1. The van der Waals surface area contributed by atoms with E-state index in [2.05, 4.69) is 71.1 Å². The van der Waals surface area contributed by atoms with Gasteiger partial charge in [-0.05, 0) is 61.3 Å². The number of rotatable bonds is 12. The number of carbonyl (C=O) groups excluding carboxylic acids is 1. The van der Waals surface area contributed by atoms with Gasteiger partial charge in [-0.2, -0.15) is 0 Å². The number of aromatic carboxylic acids is 1. The Morgan fingerprint density at radius 2 is 1.10 bits per heavy atom. The standard InChI is InChI=1S/C17H24BrNO3Si.C16H22BrNO3Si.CH4O.Na.H2O/c1-12-10-19(11-22-8-9-23(3,4)5)16-13(17(20)21-2)6-7-14(18)15(12)16;1-11-9-18(10-21-7-8-22(2,3)4)15-12(16(19)20)5-6-13(17)14(11)15;1-2;;/h6-7,10H,8-9,11H2,1-5H3;5-6,9H,7-8,10H2,1-4H3,(H,19,20);2H,1H3;;1H2/q;;;+1;/p-1. The number of aliphatic hydroxyl groups is 1. The summed E-state index contributed by atoms with van der Waals surface area (Å²) in [5.74, 6) is -1.25. The van der Waals surface area contributed by atoms with E-state index < -0.39 is 22.1 Å². The van der Waals surface area contributed by atoms with Crippen molar-refractivity contribution in [2.75, 3.05) is 27.4 Å². The average Bonchev–Trinajstić information content (AvgIpc) is 3.51. The van der Waals surface area contributed by atoms with Crippen molar-refractivity contribution in [2.45, 2.75) is 78.7 Å². The number of carboxylic acid groups (broad SMARTS) is 1. The summed E-state index contributed by atoms with van der Waals surface area (Å²) in [7, 11) is 0.183. The van der Waals surface area contributed by atoms with Gasteiger partial charge in [-0.3, -0.25) is 0 Å². The summed E-state index contributed by atoms with van der Waals surface area (Å²) in [6.07, 6.45) is 3.98. The molecule has 0 radical (unpaired) electrons. The van der Waals surface area contributed by atoms with Gasteiger partial charge in [0, 0.05) is 68.6 Å². The van der Waals surface area contributed by atoms with Crippen molar-refractivity contribution in [3.63, 3.8) is 0 Å². The van der Waals surface area contributed by atoms with Crippen LogP contribution in [0, 0.1) is 13.8 Å². The first-order valence-corrected chi connectivity index (χ1v) is 24.4. The number of hydrogen-bond donors (Lipinski definition) is 2. The van der Waals surface area contributed by atoms with E-state index in [4.69, 9.17) is 19.3 Å². The molecule has 2 heterocycles. The molecule has 268 valence electrons. The number of aryl methyl sites for hydroxylation is 2. The summed E-state index contributed by atoms with van der Waals surface area (Å²) in [5, 5.41) is 18.4. The van der Waals surface area contributed by atoms with Gasteiger partial charge in [0.05, 0.1) is 29.3 Å². The van der Waals surface area contributed by atoms with Crippen LogP contribution in [0.2, 0.25) is 51.4 Å². The molecule has 4 rings (SSSR count). The van der Waals surface area contributed by atoms with Crippen molar-refractivity contribution in [3.05, 3.63) is 67.9 Å². The fraction of sp³-hybridized carbons (Fsp3) is 0.471. The third kappa shape index (κ3) is 13.6. The number of esters is 1. The number of benzene rings is 2. The summed E-state index contributed by atoms with van der Waals surface area (Å²) in [6, 6.07) is 9.32. The summed E-state index contributed by atoms with van der Waals surface area (Å²) in [6.45, 7) is 20.2. The number of hydrogen-bond acceptors (Lipinski definition) is 7. The molecule has 10 nitrogen and oxygen atoms in total. The summed E-state index contributed by atoms with van der Waals surface area (Å²) >= 11 is 7.08. The molecule has 0 aliphatic heterocycles. The summed E-state index contributed by atoms with van der Waals surface area (Å²) in [4.78, 5) is 23.6. The molecule has 2 aromatic carbocycles. The van der Waals surface area contributed by atoms with Gasteiger partial charge in [-0.1, -0.05) is 71.1 Å². The second-order valence-corrected chi connectivity index (χ2v) is 26.6. The molecule has 49 heavy (non-hydrogen) atoms. The van der Waals surface area contributed by atoms with Gasteiger partial charge in [0.25, 0.3) is 0 Å². The van der Waals surface area contributed by atoms with E-state index in [0.717, 1.165) is 62.2 Å². The molecule has 0 spiro atoms. The summed E-state index contributed by atoms with van der Waals surface area (Å²) in [5.41, 5.74) is 4.59. The van der Waals surface area contributed by atoms with Crippen molar-refractivity contribution in [3.8, 4) is 0 Å². The van der Waals surface area contributed by atoms with Gasteiger partial charge in [0.1, 0.15) is 13.5 Å². The second-order valence-electron chi connectivity index (χ2n) is 13.7. The smallest absolute Gasteiger partial charge is 0.870 e. The van der Waals surface area contributed by atoms with Crippen LogP contribution in [0.3, 0.4) is 0 Å². The van der Waals surface area contributed by atoms with Crippen LogP contribution < -0.4 is 29.6 Å². The topological polar surface area (TPSA) is 142 Å². The number of nitrogens with zero attached hydrogens (tertiary/aromatic N) is 2. The van der Waals surface area contributed by atoms with Crippen molar-refractivity contribution in [2.24, 2.45) is 0 Å². The molecule has 15 heteroatoms. The number of methoxy groups -OCH3 is 1. The Kier molecular flexibility index (Phi) is 20.7. The van der Waals surface area contributed by atoms with Crippen LogP contribution >= 0.6 is 31.9 Å².